The molecule has 0 radical (unpaired) electrons. The number of benzene rings is 1. The monoisotopic (exact) mass is 426 g/mol. The molecule has 0 bridgehead atoms. The first-order chi connectivity index (χ1) is 14.7. The lowest BCUT2D eigenvalue weighted by atomic mass is 9.79. The molecule has 170 valence electrons. The highest BCUT2D eigenvalue weighted by atomic mass is 16.6. The molecule has 0 saturated heterocycles. The molecule has 1 aliphatic rings. The van der Waals surface area contributed by atoms with Crippen LogP contribution >= 0.6 is 0 Å². The van der Waals surface area contributed by atoms with Crippen LogP contribution in [0.4, 0.5) is 0 Å². The first-order valence-electron chi connectivity index (χ1n) is 11.4. The van der Waals surface area contributed by atoms with Gasteiger partial charge in [-0.1, -0.05) is 68.0 Å². The van der Waals surface area contributed by atoms with Crippen LogP contribution in [0.15, 0.2) is 54.1 Å². The molecular formula is C27H38O4. The highest BCUT2D eigenvalue weighted by Crippen LogP contribution is 2.33. The van der Waals surface area contributed by atoms with Crippen molar-refractivity contribution in [1.82, 2.24) is 0 Å². The third kappa shape index (κ3) is 10.5. The summed E-state index contributed by atoms with van der Waals surface area (Å²) in [7, 11) is 0. The molecule has 31 heavy (non-hydrogen) atoms. The third-order valence-electron chi connectivity index (χ3n) is 5.49. The fourth-order valence-electron chi connectivity index (χ4n) is 4.14. The van der Waals surface area contributed by atoms with Gasteiger partial charge in [0.15, 0.2) is 0 Å². The van der Waals surface area contributed by atoms with E-state index in [-0.39, 0.29) is 17.4 Å². The molecule has 0 heterocycles. The number of aryl methyl sites for hydroxylation is 1. The van der Waals surface area contributed by atoms with E-state index in [4.69, 9.17) is 9.47 Å². The SMILES string of the molecule is CC(C)(CCOC(=O)CCc1ccccc1)CC(C)(C)OC(=O)CCC1=CCCC=C1. The lowest BCUT2D eigenvalue weighted by Gasteiger charge is -2.34. The number of hydrogen-bond acceptors (Lipinski definition) is 4. The summed E-state index contributed by atoms with van der Waals surface area (Å²) in [4.78, 5) is 24.4. The predicted molar refractivity (Wildman–Crippen MR) is 125 cm³/mol. The van der Waals surface area contributed by atoms with E-state index in [1.807, 2.05) is 44.2 Å². The summed E-state index contributed by atoms with van der Waals surface area (Å²) < 4.78 is 11.2. The van der Waals surface area contributed by atoms with Crippen molar-refractivity contribution in [3.63, 3.8) is 0 Å². The van der Waals surface area contributed by atoms with Gasteiger partial charge in [-0.2, -0.15) is 0 Å². The quantitative estimate of drug-likeness (QED) is 0.366. The Morgan fingerprint density at radius 1 is 0.935 bits per heavy atom. The van der Waals surface area contributed by atoms with E-state index < -0.39 is 5.60 Å². The van der Waals surface area contributed by atoms with Gasteiger partial charge in [0.2, 0.25) is 0 Å². The lowest BCUT2D eigenvalue weighted by molar-refractivity contribution is -0.159. The molecule has 0 aliphatic heterocycles. The van der Waals surface area contributed by atoms with Gasteiger partial charge in [-0.25, -0.2) is 0 Å². The summed E-state index contributed by atoms with van der Waals surface area (Å²) in [6.07, 6.45) is 12.2. The third-order valence-corrected chi connectivity index (χ3v) is 5.49. The van der Waals surface area contributed by atoms with Crippen molar-refractivity contribution >= 4 is 11.9 Å². The Labute approximate surface area is 187 Å². The second kappa shape index (κ2) is 11.9. The van der Waals surface area contributed by atoms with E-state index in [2.05, 4.69) is 32.1 Å². The van der Waals surface area contributed by atoms with Crippen LogP contribution in [0.1, 0.15) is 78.2 Å². The van der Waals surface area contributed by atoms with Gasteiger partial charge in [-0.15, -0.1) is 0 Å². The van der Waals surface area contributed by atoms with E-state index in [0.29, 0.717) is 32.3 Å². The fourth-order valence-corrected chi connectivity index (χ4v) is 4.14. The molecule has 0 unspecified atom stereocenters. The molecule has 0 atom stereocenters. The Morgan fingerprint density at radius 3 is 2.32 bits per heavy atom. The van der Waals surface area contributed by atoms with Crippen molar-refractivity contribution in [1.29, 1.82) is 0 Å². The maximum Gasteiger partial charge on any atom is 0.306 e. The molecule has 4 nitrogen and oxygen atoms in total. The summed E-state index contributed by atoms with van der Waals surface area (Å²) in [5, 5.41) is 0. The van der Waals surface area contributed by atoms with Crippen LogP contribution in [0.2, 0.25) is 0 Å². The molecule has 0 fully saturated rings. The molecule has 0 saturated carbocycles. The van der Waals surface area contributed by atoms with Gasteiger partial charge in [-0.05, 0) is 63.4 Å². The van der Waals surface area contributed by atoms with Crippen LogP contribution < -0.4 is 0 Å². The van der Waals surface area contributed by atoms with Gasteiger partial charge in [0.05, 0.1) is 6.61 Å². The fraction of sp³-hybridized carbons (Fsp3) is 0.556. The topological polar surface area (TPSA) is 52.6 Å². The molecule has 0 amide bonds. The van der Waals surface area contributed by atoms with Crippen molar-refractivity contribution in [2.24, 2.45) is 5.41 Å². The molecule has 0 aromatic heterocycles. The summed E-state index contributed by atoms with van der Waals surface area (Å²) in [5.74, 6) is -0.329. The Morgan fingerprint density at radius 2 is 1.65 bits per heavy atom. The van der Waals surface area contributed by atoms with Crippen LogP contribution in [-0.4, -0.2) is 24.1 Å². The number of esters is 2. The number of allylic oxidation sites excluding steroid dienone is 4. The Kier molecular flexibility index (Phi) is 9.54. The van der Waals surface area contributed by atoms with Gasteiger partial charge < -0.3 is 9.47 Å². The second-order valence-corrected chi connectivity index (χ2v) is 9.79. The minimum Gasteiger partial charge on any atom is -0.466 e. The summed E-state index contributed by atoms with van der Waals surface area (Å²) in [5.41, 5.74) is 1.68. The van der Waals surface area contributed by atoms with Crippen LogP contribution in [0.25, 0.3) is 0 Å². The van der Waals surface area contributed by atoms with Crippen LogP contribution in [0.5, 0.6) is 0 Å². The standard InChI is InChI=1S/C27H38O4/c1-26(2,19-20-30-24(28)17-15-22-11-7-5-8-12-22)21-27(3,4)31-25(29)18-16-23-13-9-6-10-14-23/h5,7-9,11-14H,6,10,15-21H2,1-4H3. The van der Waals surface area contributed by atoms with Crippen molar-refractivity contribution in [3.05, 3.63) is 59.7 Å². The molecule has 1 aliphatic carbocycles. The van der Waals surface area contributed by atoms with Gasteiger partial charge in [0.1, 0.15) is 5.60 Å². The average Bonchev–Trinajstić information content (AvgIpc) is 2.71. The molecular weight excluding hydrogens is 388 g/mol. The molecule has 1 aromatic rings. The molecule has 0 N–H and O–H groups in total. The van der Waals surface area contributed by atoms with Gasteiger partial charge >= 0.3 is 11.9 Å². The number of carbonyl (C=O) groups excluding carboxylic acids is 2. The Balaban J connectivity index is 1.67. The van der Waals surface area contributed by atoms with Crippen molar-refractivity contribution < 1.29 is 19.1 Å². The zero-order chi connectivity index (χ0) is 22.7. The summed E-state index contributed by atoms with van der Waals surface area (Å²) >= 11 is 0. The summed E-state index contributed by atoms with van der Waals surface area (Å²) in [6.45, 7) is 8.54. The second-order valence-electron chi connectivity index (χ2n) is 9.79. The van der Waals surface area contributed by atoms with Gasteiger partial charge in [0, 0.05) is 12.8 Å². The molecule has 0 spiro atoms. The summed E-state index contributed by atoms with van der Waals surface area (Å²) in [6, 6.07) is 9.95. The predicted octanol–water partition coefficient (Wildman–Crippen LogP) is 6.35. The Bertz CT molecular complexity index is 772. The number of ether oxygens (including phenoxy) is 2. The van der Waals surface area contributed by atoms with E-state index in [1.165, 1.54) is 5.57 Å². The highest BCUT2D eigenvalue weighted by molar-refractivity contribution is 5.70. The van der Waals surface area contributed by atoms with Crippen LogP contribution in [-0.2, 0) is 25.5 Å². The van der Waals surface area contributed by atoms with E-state index in [1.54, 1.807) is 0 Å². The minimum atomic E-state index is -0.561. The van der Waals surface area contributed by atoms with Crippen LogP contribution in [0, 0.1) is 5.41 Å². The first-order valence-corrected chi connectivity index (χ1v) is 11.4. The Hall–Kier alpha value is -2.36. The first kappa shape index (κ1) is 24.9. The lowest BCUT2D eigenvalue weighted by Crippen LogP contribution is -2.34. The largest absolute Gasteiger partial charge is 0.466 e. The molecule has 4 heteroatoms. The number of carbonyl (C=O) groups is 2. The smallest absolute Gasteiger partial charge is 0.306 e. The van der Waals surface area contributed by atoms with Gasteiger partial charge in [-0.3, -0.25) is 9.59 Å². The van der Waals surface area contributed by atoms with Crippen LogP contribution in [0.3, 0.4) is 0 Å². The van der Waals surface area contributed by atoms with E-state index >= 15 is 0 Å². The maximum absolute atomic E-state index is 12.3. The average molecular weight is 427 g/mol. The molecule has 2 rings (SSSR count). The van der Waals surface area contributed by atoms with Crippen molar-refractivity contribution in [2.75, 3.05) is 6.61 Å². The zero-order valence-electron chi connectivity index (χ0n) is 19.6. The van der Waals surface area contributed by atoms with Gasteiger partial charge in [0.25, 0.3) is 0 Å². The highest BCUT2D eigenvalue weighted by Gasteiger charge is 2.32. The number of rotatable bonds is 12. The normalized spacial score (nSPS) is 14.1. The number of hydrogen-bond donors (Lipinski definition) is 0. The van der Waals surface area contributed by atoms with Crippen molar-refractivity contribution in [2.45, 2.75) is 84.7 Å². The van der Waals surface area contributed by atoms with Crippen molar-refractivity contribution in [3.8, 4) is 0 Å². The molecule has 1 aromatic carbocycles. The zero-order valence-corrected chi connectivity index (χ0v) is 19.6. The van der Waals surface area contributed by atoms with E-state index in [0.717, 1.165) is 31.2 Å². The maximum atomic E-state index is 12.3. The van der Waals surface area contributed by atoms with E-state index in [9.17, 15) is 9.59 Å². The minimum absolute atomic E-state index is 0.113.